The molecule has 4 rings (SSSR count). The molecule has 1 N–H and O–H groups in total. The second-order valence-electron chi connectivity index (χ2n) is 6.06. The summed E-state index contributed by atoms with van der Waals surface area (Å²) in [7, 11) is 0. The van der Waals surface area contributed by atoms with Crippen molar-refractivity contribution >= 4 is 27.8 Å². The van der Waals surface area contributed by atoms with Crippen LogP contribution in [0.25, 0.3) is 32.7 Å². The molecular formula is C22H16O2. The van der Waals surface area contributed by atoms with Gasteiger partial charge in [0.1, 0.15) is 5.75 Å². The Bertz CT molecular complexity index is 1040. The van der Waals surface area contributed by atoms with Crippen LogP contribution >= 0.6 is 0 Å². The average molecular weight is 312 g/mol. The number of aldehydes is 1. The maximum atomic E-state index is 11.3. The number of rotatable bonds is 2. The van der Waals surface area contributed by atoms with Crippen molar-refractivity contribution in [3.8, 4) is 16.9 Å². The second-order valence-corrected chi connectivity index (χ2v) is 6.06. The van der Waals surface area contributed by atoms with Crippen LogP contribution in [-0.2, 0) is 0 Å². The SMILES string of the molecule is Cc1cc(C=O)c(O)c(-c2c3ccccc3cc3ccccc23)c1. The zero-order valence-corrected chi connectivity index (χ0v) is 13.3. The first-order chi connectivity index (χ1) is 11.7. The molecule has 0 bridgehead atoms. The van der Waals surface area contributed by atoms with Crippen molar-refractivity contribution in [2.75, 3.05) is 0 Å². The second kappa shape index (κ2) is 5.50. The maximum Gasteiger partial charge on any atom is 0.153 e. The predicted molar refractivity (Wildman–Crippen MR) is 98.7 cm³/mol. The highest BCUT2D eigenvalue weighted by atomic mass is 16.3. The van der Waals surface area contributed by atoms with Gasteiger partial charge in [0.05, 0.1) is 5.56 Å². The maximum absolute atomic E-state index is 11.3. The number of carbonyl (C=O) groups excluding carboxylic acids is 1. The van der Waals surface area contributed by atoms with Gasteiger partial charge in [0.15, 0.2) is 6.29 Å². The third kappa shape index (κ3) is 2.16. The van der Waals surface area contributed by atoms with E-state index in [0.29, 0.717) is 17.4 Å². The molecule has 0 heterocycles. The Morgan fingerprint density at radius 1 is 0.833 bits per heavy atom. The fourth-order valence-electron chi connectivity index (χ4n) is 3.39. The van der Waals surface area contributed by atoms with Gasteiger partial charge in [0.2, 0.25) is 0 Å². The zero-order chi connectivity index (χ0) is 16.7. The van der Waals surface area contributed by atoms with E-state index in [-0.39, 0.29) is 5.75 Å². The van der Waals surface area contributed by atoms with Gasteiger partial charge in [-0.1, -0.05) is 48.5 Å². The topological polar surface area (TPSA) is 37.3 Å². The van der Waals surface area contributed by atoms with Crippen molar-refractivity contribution in [2.24, 2.45) is 0 Å². The van der Waals surface area contributed by atoms with E-state index in [2.05, 4.69) is 30.3 Å². The molecule has 0 spiro atoms. The molecule has 2 heteroatoms. The van der Waals surface area contributed by atoms with E-state index in [1.165, 1.54) is 0 Å². The summed E-state index contributed by atoms with van der Waals surface area (Å²) in [5.74, 6) is 0.0390. The molecule has 0 atom stereocenters. The molecule has 0 aliphatic rings. The Morgan fingerprint density at radius 2 is 1.42 bits per heavy atom. The highest BCUT2D eigenvalue weighted by molar-refractivity contribution is 6.14. The van der Waals surface area contributed by atoms with Gasteiger partial charge in [-0.05, 0) is 52.2 Å². The Kier molecular flexibility index (Phi) is 3.31. The van der Waals surface area contributed by atoms with Crippen molar-refractivity contribution < 1.29 is 9.90 Å². The largest absolute Gasteiger partial charge is 0.507 e. The fourth-order valence-corrected chi connectivity index (χ4v) is 3.39. The number of hydrogen-bond acceptors (Lipinski definition) is 2. The lowest BCUT2D eigenvalue weighted by atomic mass is 9.90. The first-order valence-corrected chi connectivity index (χ1v) is 7.88. The van der Waals surface area contributed by atoms with E-state index < -0.39 is 0 Å². The summed E-state index contributed by atoms with van der Waals surface area (Å²) in [5.41, 5.74) is 2.93. The van der Waals surface area contributed by atoms with Gasteiger partial charge in [-0.15, -0.1) is 0 Å². The molecule has 0 aliphatic heterocycles. The molecule has 0 amide bonds. The number of aryl methyl sites for hydroxylation is 1. The molecule has 0 aliphatic carbocycles. The summed E-state index contributed by atoms with van der Waals surface area (Å²) in [6.07, 6.45) is 0.707. The number of aromatic hydroxyl groups is 1. The number of hydrogen-bond donors (Lipinski definition) is 1. The molecule has 0 radical (unpaired) electrons. The van der Waals surface area contributed by atoms with Gasteiger partial charge < -0.3 is 5.11 Å². The van der Waals surface area contributed by atoms with Crippen LogP contribution in [-0.4, -0.2) is 11.4 Å². The van der Waals surface area contributed by atoms with Gasteiger partial charge in [0.25, 0.3) is 0 Å². The number of benzene rings is 4. The summed E-state index contributed by atoms with van der Waals surface area (Å²) in [6.45, 7) is 1.93. The normalized spacial score (nSPS) is 11.0. The third-order valence-electron chi connectivity index (χ3n) is 4.45. The van der Waals surface area contributed by atoms with Crippen molar-refractivity contribution in [2.45, 2.75) is 6.92 Å². The Labute approximate surface area is 140 Å². The zero-order valence-electron chi connectivity index (χ0n) is 13.3. The first kappa shape index (κ1) is 14.5. The Balaban J connectivity index is 2.23. The summed E-state index contributed by atoms with van der Waals surface area (Å²) in [6, 6.07) is 22.1. The number of phenols is 1. The van der Waals surface area contributed by atoms with Crippen molar-refractivity contribution in [3.63, 3.8) is 0 Å². The average Bonchev–Trinajstić information content (AvgIpc) is 2.61. The van der Waals surface area contributed by atoms with Crippen molar-refractivity contribution in [3.05, 3.63) is 77.9 Å². The molecule has 0 unspecified atom stereocenters. The van der Waals surface area contributed by atoms with Crippen LogP contribution < -0.4 is 0 Å². The standard InChI is InChI=1S/C22H16O2/c1-14-10-17(13-23)22(24)20(11-14)21-18-8-4-2-6-15(18)12-16-7-3-5-9-19(16)21/h2-13,24H,1H3. The number of carbonyl (C=O) groups is 1. The lowest BCUT2D eigenvalue weighted by Crippen LogP contribution is -1.91. The van der Waals surface area contributed by atoms with E-state index in [1.54, 1.807) is 6.07 Å². The van der Waals surface area contributed by atoms with Gasteiger partial charge in [-0.2, -0.15) is 0 Å². The third-order valence-corrected chi connectivity index (χ3v) is 4.45. The molecule has 0 saturated carbocycles. The summed E-state index contributed by atoms with van der Waals surface area (Å²) < 4.78 is 0. The molecule has 0 fully saturated rings. The lowest BCUT2D eigenvalue weighted by Gasteiger charge is -2.15. The minimum absolute atomic E-state index is 0.0390. The van der Waals surface area contributed by atoms with E-state index in [4.69, 9.17) is 0 Å². The highest BCUT2D eigenvalue weighted by Crippen LogP contribution is 2.41. The minimum Gasteiger partial charge on any atom is -0.507 e. The van der Waals surface area contributed by atoms with Gasteiger partial charge in [-0.3, -0.25) is 4.79 Å². The monoisotopic (exact) mass is 312 g/mol. The molecule has 4 aromatic rings. The van der Waals surface area contributed by atoms with Gasteiger partial charge >= 0.3 is 0 Å². The van der Waals surface area contributed by atoms with Crippen LogP contribution in [0.2, 0.25) is 0 Å². The smallest absolute Gasteiger partial charge is 0.153 e. The summed E-state index contributed by atoms with van der Waals surface area (Å²) >= 11 is 0. The molecule has 0 aromatic heterocycles. The van der Waals surface area contributed by atoms with E-state index >= 15 is 0 Å². The summed E-state index contributed by atoms with van der Waals surface area (Å²) in [5, 5.41) is 15.0. The van der Waals surface area contributed by atoms with Gasteiger partial charge in [0, 0.05) is 11.1 Å². The fraction of sp³-hybridized carbons (Fsp3) is 0.0455. The molecule has 116 valence electrons. The Morgan fingerprint density at radius 3 is 2.00 bits per heavy atom. The summed E-state index contributed by atoms with van der Waals surface area (Å²) in [4.78, 5) is 11.3. The van der Waals surface area contributed by atoms with Crippen molar-refractivity contribution in [1.29, 1.82) is 0 Å². The minimum atomic E-state index is 0.0390. The van der Waals surface area contributed by atoms with Crippen molar-refractivity contribution in [1.82, 2.24) is 0 Å². The van der Waals surface area contributed by atoms with Crippen LogP contribution in [0.4, 0.5) is 0 Å². The molecular weight excluding hydrogens is 296 g/mol. The number of fused-ring (bicyclic) bond motifs is 2. The Hall–Kier alpha value is -3.13. The van der Waals surface area contributed by atoms with E-state index in [1.807, 2.05) is 37.3 Å². The van der Waals surface area contributed by atoms with Crippen LogP contribution in [0.1, 0.15) is 15.9 Å². The molecule has 4 aromatic carbocycles. The molecule has 24 heavy (non-hydrogen) atoms. The quantitative estimate of drug-likeness (QED) is 0.393. The molecule has 2 nitrogen and oxygen atoms in total. The van der Waals surface area contributed by atoms with Crippen LogP contribution in [0.5, 0.6) is 5.75 Å². The van der Waals surface area contributed by atoms with E-state index in [0.717, 1.165) is 32.7 Å². The van der Waals surface area contributed by atoms with Crippen LogP contribution in [0.15, 0.2) is 66.7 Å². The molecule has 0 saturated heterocycles. The first-order valence-electron chi connectivity index (χ1n) is 7.88. The number of phenolic OH excluding ortho intramolecular Hbond substituents is 1. The highest BCUT2D eigenvalue weighted by Gasteiger charge is 2.15. The van der Waals surface area contributed by atoms with Crippen LogP contribution in [0, 0.1) is 6.92 Å². The van der Waals surface area contributed by atoms with E-state index in [9.17, 15) is 9.90 Å². The van der Waals surface area contributed by atoms with Crippen LogP contribution in [0.3, 0.4) is 0 Å². The predicted octanol–water partition coefficient (Wildman–Crippen LogP) is 5.49. The van der Waals surface area contributed by atoms with Gasteiger partial charge in [-0.25, -0.2) is 0 Å². The lowest BCUT2D eigenvalue weighted by molar-refractivity contribution is 0.112.